The summed E-state index contributed by atoms with van der Waals surface area (Å²) < 4.78 is 0. The van der Waals surface area contributed by atoms with Crippen LogP contribution < -0.4 is 0 Å². The minimum absolute atomic E-state index is 0.621. The highest BCUT2D eigenvalue weighted by molar-refractivity contribution is 5.63. The molecular formula is C11H8. The van der Waals surface area contributed by atoms with Crippen molar-refractivity contribution in [2.24, 2.45) is 5.92 Å². The quantitative estimate of drug-likeness (QED) is 0.519. The monoisotopic (exact) mass is 140 g/mol. The smallest absolute Gasteiger partial charge is 0.000499 e. The third kappa shape index (κ3) is 0.697. The first-order chi connectivity index (χ1) is 5.45. The van der Waals surface area contributed by atoms with Crippen LogP contribution in [0, 0.1) is 12.3 Å². The van der Waals surface area contributed by atoms with Crippen LogP contribution in [0.15, 0.2) is 30.3 Å². The Hall–Kier alpha value is -1.04. The van der Waals surface area contributed by atoms with Gasteiger partial charge in [0.1, 0.15) is 0 Å². The summed E-state index contributed by atoms with van der Waals surface area (Å²) in [7, 11) is 0. The number of hydrogen-bond acceptors (Lipinski definition) is 0. The lowest BCUT2D eigenvalue weighted by atomic mass is 9.98. The van der Waals surface area contributed by atoms with E-state index in [0.717, 1.165) is 0 Å². The van der Waals surface area contributed by atoms with Crippen LogP contribution >= 0.6 is 0 Å². The molecule has 0 amide bonds. The first-order valence-electron chi connectivity index (χ1n) is 3.98. The summed E-state index contributed by atoms with van der Waals surface area (Å²) in [6.07, 6.45) is 7.85. The molecule has 11 heavy (non-hydrogen) atoms. The second kappa shape index (κ2) is 1.76. The van der Waals surface area contributed by atoms with Gasteiger partial charge >= 0.3 is 0 Å². The number of hydrogen-bond donors (Lipinski definition) is 0. The van der Waals surface area contributed by atoms with E-state index >= 15 is 0 Å². The van der Waals surface area contributed by atoms with Crippen molar-refractivity contribution in [3.63, 3.8) is 0 Å². The first-order valence-corrected chi connectivity index (χ1v) is 3.98. The maximum absolute atomic E-state index is 3.40. The fourth-order valence-electron chi connectivity index (χ4n) is 1.75. The maximum Gasteiger partial charge on any atom is -0.000499 e. The SMILES string of the molecule is [C]1[C@@H]2c3ccccc3C=C[C@H]12. The van der Waals surface area contributed by atoms with Gasteiger partial charge in [0, 0.05) is 0 Å². The Morgan fingerprint density at radius 1 is 1.18 bits per heavy atom. The first kappa shape index (κ1) is 5.59. The van der Waals surface area contributed by atoms with Gasteiger partial charge in [0.15, 0.2) is 0 Å². The van der Waals surface area contributed by atoms with E-state index in [1.54, 1.807) is 0 Å². The van der Waals surface area contributed by atoms with Gasteiger partial charge in [-0.2, -0.15) is 0 Å². The summed E-state index contributed by atoms with van der Waals surface area (Å²) in [6, 6.07) is 8.57. The van der Waals surface area contributed by atoms with Crippen LogP contribution in [0.25, 0.3) is 6.08 Å². The van der Waals surface area contributed by atoms with Crippen LogP contribution in [0.2, 0.25) is 0 Å². The van der Waals surface area contributed by atoms with Crippen LogP contribution in [0.3, 0.4) is 0 Å². The summed E-state index contributed by atoms with van der Waals surface area (Å²) in [5.74, 6) is 1.25. The lowest BCUT2D eigenvalue weighted by Crippen LogP contribution is -1.90. The normalized spacial score (nSPS) is 30.9. The molecule has 0 bridgehead atoms. The molecule has 0 spiro atoms. The molecule has 52 valence electrons. The summed E-state index contributed by atoms with van der Waals surface area (Å²) in [4.78, 5) is 0. The zero-order valence-electron chi connectivity index (χ0n) is 6.12. The number of fused-ring (bicyclic) bond motifs is 3. The predicted octanol–water partition coefficient (Wildman–Crippen LogP) is 2.51. The summed E-state index contributed by atoms with van der Waals surface area (Å²) >= 11 is 0. The van der Waals surface area contributed by atoms with E-state index in [0.29, 0.717) is 11.8 Å². The van der Waals surface area contributed by atoms with Crippen molar-refractivity contribution >= 4 is 6.08 Å². The summed E-state index contributed by atoms with van der Waals surface area (Å²) in [5, 5.41) is 0. The van der Waals surface area contributed by atoms with Gasteiger partial charge in [0.05, 0.1) is 0 Å². The van der Waals surface area contributed by atoms with E-state index in [2.05, 4.69) is 42.8 Å². The molecule has 1 fully saturated rings. The zero-order chi connectivity index (χ0) is 7.26. The molecule has 0 N–H and O–H groups in total. The molecule has 2 atom stereocenters. The van der Waals surface area contributed by atoms with Gasteiger partial charge in [0.2, 0.25) is 0 Å². The standard InChI is InChI=1S/C11H8/c1-2-4-10-8(3-1)5-6-9-7-11(9)10/h1-6,9,11H/t9-,11+/m1/s1. The molecular weight excluding hydrogens is 132 g/mol. The van der Waals surface area contributed by atoms with Crippen molar-refractivity contribution in [1.29, 1.82) is 0 Å². The molecule has 0 nitrogen and oxygen atoms in total. The van der Waals surface area contributed by atoms with Gasteiger partial charge in [-0.15, -0.1) is 0 Å². The highest BCUT2D eigenvalue weighted by Crippen LogP contribution is 2.51. The van der Waals surface area contributed by atoms with Crippen LogP contribution in [-0.4, -0.2) is 0 Å². The molecule has 1 saturated carbocycles. The van der Waals surface area contributed by atoms with E-state index in [1.165, 1.54) is 11.1 Å². The lowest BCUT2D eigenvalue weighted by Gasteiger charge is -2.07. The van der Waals surface area contributed by atoms with Crippen LogP contribution in [0.4, 0.5) is 0 Å². The average Bonchev–Trinajstić information content (AvgIpc) is 2.83. The van der Waals surface area contributed by atoms with Gasteiger partial charge in [-0.25, -0.2) is 0 Å². The van der Waals surface area contributed by atoms with E-state index in [4.69, 9.17) is 0 Å². The molecule has 1 aromatic rings. The topological polar surface area (TPSA) is 0 Å². The highest BCUT2D eigenvalue weighted by atomic mass is 14.4. The van der Waals surface area contributed by atoms with E-state index in [1.807, 2.05) is 0 Å². The van der Waals surface area contributed by atoms with Gasteiger partial charge in [-0.3, -0.25) is 0 Å². The fourth-order valence-corrected chi connectivity index (χ4v) is 1.75. The van der Waals surface area contributed by atoms with E-state index < -0.39 is 0 Å². The number of allylic oxidation sites excluding steroid dienone is 1. The maximum atomic E-state index is 3.40. The molecule has 1 aromatic carbocycles. The van der Waals surface area contributed by atoms with Crippen molar-refractivity contribution in [3.8, 4) is 0 Å². The third-order valence-corrected chi connectivity index (χ3v) is 2.44. The Kier molecular flexibility index (Phi) is 0.894. The Morgan fingerprint density at radius 2 is 2.09 bits per heavy atom. The van der Waals surface area contributed by atoms with Gasteiger partial charge < -0.3 is 0 Å². The molecule has 0 heteroatoms. The molecule has 0 unspecified atom stereocenters. The van der Waals surface area contributed by atoms with Crippen LogP contribution in [0.1, 0.15) is 17.0 Å². The minimum Gasteiger partial charge on any atom is -0.0796 e. The number of benzene rings is 1. The molecule has 3 rings (SSSR count). The van der Waals surface area contributed by atoms with Crippen LogP contribution in [0.5, 0.6) is 0 Å². The predicted molar refractivity (Wildman–Crippen MR) is 45.0 cm³/mol. The molecule has 0 aliphatic heterocycles. The van der Waals surface area contributed by atoms with Crippen molar-refractivity contribution in [2.75, 3.05) is 0 Å². The molecule has 2 radical (unpaired) electrons. The number of rotatable bonds is 0. The van der Waals surface area contributed by atoms with Gasteiger partial charge in [0.25, 0.3) is 0 Å². The fraction of sp³-hybridized carbons (Fsp3) is 0.182. The van der Waals surface area contributed by atoms with Crippen LogP contribution in [-0.2, 0) is 0 Å². The average molecular weight is 140 g/mol. The molecule has 2 aliphatic rings. The van der Waals surface area contributed by atoms with Crippen molar-refractivity contribution < 1.29 is 0 Å². The van der Waals surface area contributed by atoms with E-state index in [9.17, 15) is 0 Å². The summed E-state index contributed by atoms with van der Waals surface area (Å²) in [6.45, 7) is 0. The van der Waals surface area contributed by atoms with Crippen molar-refractivity contribution in [3.05, 3.63) is 47.9 Å². The molecule has 0 saturated heterocycles. The Labute approximate surface area is 66.6 Å². The summed E-state index contributed by atoms with van der Waals surface area (Å²) in [5.41, 5.74) is 2.83. The zero-order valence-corrected chi connectivity index (χ0v) is 6.12. The lowest BCUT2D eigenvalue weighted by molar-refractivity contribution is 0.996. The van der Waals surface area contributed by atoms with Crippen molar-refractivity contribution in [1.82, 2.24) is 0 Å². The highest BCUT2D eigenvalue weighted by Gasteiger charge is 2.40. The van der Waals surface area contributed by atoms with Crippen molar-refractivity contribution in [2.45, 2.75) is 5.92 Å². The van der Waals surface area contributed by atoms with Gasteiger partial charge in [-0.05, 0) is 29.4 Å². The Balaban J connectivity index is 2.24. The third-order valence-electron chi connectivity index (χ3n) is 2.44. The molecule has 0 heterocycles. The van der Waals surface area contributed by atoms with Gasteiger partial charge in [-0.1, -0.05) is 36.4 Å². The van der Waals surface area contributed by atoms with E-state index in [-0.39, 0.29) is 0 Å². The molecule has 0 aromatic heterocycles. The molecule has 2 aliphatic carbocycles. The largest absolute Gasteiger partial charge is 0.0796 e. The Bertz CT molecular complexity index is 323. The minimum atomic E-state index is 0.621. The Morgan fingerprint density at radius 3 is 3.09 bits per heavy atom. The second-order valence-corrected chi connectivity index (χ2v) is 3.16. The second-order valence-electron chi connectivity index (χ2n) is 3.16.